The fourth-order valence-electron chi connectivity index (χ4n) is 1.98. The summed E-state index contributed by atoms with van der Waals surface area (Å²) in [4.78, 5) is 11.8. The van der Waals surface area contributed by atoms with Crippen LogP contribution in [0.2, 0.25) is 0 Å². The third-order valence-corrected chi connectivity index (χ3v) is 3.63. The zero-order valence-corrected chi connectivity index (χ0v) is 13.2. The lowest BCUT2D eigenvalue weighted by molar-refractivity contribution is -0.116. The van der Waals surface area contributed by atoms with Gasteiger partial charge in [-0.05, 0) is 35.9 Å². The number of pyridine rings is 1. The summed E-state index contributed by atoms with van der Waals surface area (Å²) in [5.41, 5.74) is 1.73. The average molecular weight is 357 g/mol. The van der Waals surface area contributed by atoms with Crippen LogP contribution in [0.25, 0.3) is 11.7 Å². The zero-order chi connectivity index (χ0) is 15.4. The van der Waals surface area contributed by atoms with Gasteiger partial charge in [0.1, 0.15) is 0 Å². The maximum absolute atomic E-state index is 11.8. The molecule has 6 heteroatoms. The highest BCUT2D eigenvalue weighted by Gasteiger charge is 2.05. The van der Waals surface area contributed by atoms with E-state index in [9.17, 15) is 4.79 Å². The molecule has 0 radical (unpaired) electrons. The van der Waals surface area contributed by atoms with Gasteiger partial charge in [-0.1, -0.05) is 34.1 Å². The van der Waals surface area contributed by atoms with Crippen LogP contribution in [0, 0.1) is 0 Å². The lowest BCUT2D eigenvalue weighted by Gasteiger charge is -2.01. The van der Waals surface area contributed by atoms with Crippen LogP contribution in [0.15, 0.2) is 59.2 Å². The van der Waals surface area contributed by atoms with Crippen LogP contribution in [0.3, 0.4) is 0 Å². The molecule has 3 aromatic rings. The number of hydrogen-bond acceptors (Lipinski definition) is 3. The Morgan fingerprint density at radius 2 is 2.00 bits per heavy atom. The number of halogens is 1. The fourth-order valence-corrected chi connectivity index (χ4v) is 2.25. The predicted octanol–water partition coefficient (Wildman–Crippen LogP) is 2.82. The smallest absolute Gasteiger partial charge is 0.244 e. The summed E-state index contributed by atoms with van der Waals surface area (Å²) in [7, 11) is 0. The SMILES string of the molecule is O=C(/C=C/c1ccc(Br)cc1)NCc1nnc2ccccn12. The van der Waals surface area contributed by atoms with Crippen molar-refractivity contribution in [3.8, 4) is 0 Å². The van der Waals surface area contributed by atoms with Crippen LogP contribution in [0.4, 0.5) is 0 Å². The normalized spacial score (nSPS) is 11.1. The molecule has 22 heavy (non-hydrogen) atoms. The minimum atomic E-state index is -0.171. The van der Waals surface area contributed by atoms with Crippen molar-refractivity contribution in [3.63, 3.8) is 0 Å². The summed E-state index contributed by atoms with van der Waals surface area (Å²) in [5.74, 6) is 0.525. The van der Waals surface area contributed by atoms with Crippen LogP contribution in [0.5, 0.6) is 0 Å². The highest BCUT2D eigenvalue weighted by molar-refractivity contribution is 9.10. The molecule has 0 saturated heterocycles. The van der Waals surface area contributed by atoms with Crippen molar-refractivity contribution in [1.29, 1.82) is 0 Å². The quantitative estimate of drug-likeness (QED) is 0.731. The Morgan fingerprint density at radius 3 is 2.82 bits per heavy atom. The molecule has 3 rings (SSSR count). The van der Waals surface area contributed by atoms with Crippen molar-refractivity contribution in [2.45, 2.75) is 6.54 Å². The molecule has 1 aromatic carbocycles. The van der Waals surface area contributed by atoms with Gasteiger partial charge < -0.3 is 5.32 Å². The topological polar surface area (TPSA) is 59.3 Å². The predicted molar refractivity (Wildman–Crippen MR) is 88.0 cm³/mol. The molecule has 0 fully saturated rings. The van der Waals surface area contributed by atoms with Gasteiger partial charge in [0.2, 0.25) is 5.91 Å². The van der Waals surface area contributed by atoms with Crippen LogP contribution in [-0.2, 0) is 11.3 Å². The van der Waals surface area contributed by atoms with E-state index in [1.165, 1.54) is 6.08 Å². The van der Waals surface area contributed by atoms with Gasteiger partial charge in [-0.3, -0.25) is 9.20 Å². The van der Waals surface area contributed by atoms with Gasteiger partial charge in [0, 0.05) is 16.7 Å². The molecule has 1 amide bonds. The van der Waals surface area contributed by atoms with Crippen LogP contribution >= 0.6 is 15.9 Å². The van der Waals surface area contributed by atoms with Gasteiger partial charge in [-0.25, -0.2) is 0 Å². The third-order valence-electron chi connectivity index (χ3n) is 3.10. The molecule has 0 saturated carbocycles. The van der Waals surface area contributed by atoms with Gasteiger partial charge in [-0.15, -0.1) is 10.2 Å². The van der Waals surface area contributed by atoms with E-state index in [1.54, 1.807) is 6.08 Å². The van der Waals surface area contributed by atoms with Crippen molar-refractivity contribution in [1.82, 2.24) is 19.9 Å². The minimum Gasteiger partial charge on any atom is -0.345 e. The molecule has 1 N–H and O–H groups in total. The van der Waals surface area contributed by atoms with E-state index in [2.05, 4.69) is 31.4 Å². The fraction of sp³-hybridized carbons (Fsp3) is 0.0625. The minimum absolute atomic E-state index is 0.171. The van der Waals surface area contributed by atoms with Gasteiger partial charge in [-0.2, -0.15) is 0 Å². The number of hydrogen-bond donors (Lipinski definition) is 1. The van der Waals surface area contributed by atoms with Gasteiger partial charge in [0.15, 0.2) is 11.5 Å². The Hall–Kier alpha value is -2.47. The molecule has 2 heterocycles. The van der Waals surface area contributed by atoms with Crippen molar-refractivity contribution in [2.24, 2.45) is 0 Å². The van der Waals surface area contributed by atoms with Crippen molar-refractivity contribution >= 4 is 33.6 Å². The molecule has 0 unspecified atom stereocenters. The largest absolute Gasteiger partial charge is 0.345 e. The van der Waals surface area contributed by atoms with Gasteiger partial charge in [0.25, 0.3) is 0 Å². The number of nitrogens with zero attached hydrogens (tertiary/aromatic N) is 3. The maximum atomic E-state index is 11.8. The van der Waals surface area contributed by atoms with Crippen molar-refractivity contribution in [2.75, 3.05) is 0 Å². The average Bonchev–Trinajstić information content (AvgIpc) is 2.96. The van der Waals surface area contributed by atoms with Gasteiger partial charge in [0.05, 0.1) is 6.54 Å². The molecule has 2 aromatic heterocycles. The first-order valence-electron chi connectivity index (χ1n) is 6.72. The van der Waals surface area contributed by atoms with E-state index in [4.69, 9.17) is 0 Å². The van der Waals surface area contributed by atoms with Crippen LogP contribution in [0.1, 0.15) is 11.4 Å². The second-order valence-corrected chi connectivity index (χ2v) is 5.56. The monoisotopic (exact) mass is 356 g/mol. The number of benzene rings is 1. The summed E-state index contributed by atoms with van der Waals surface area (Å²) in [6, 6.07) is 13.4. The third kappa shape index (κ3) is 3.40. The van der Waals surface area contributed by atoms with Crippen molar-refractivity contribution in [3.05, 3.63) is 70.6 Å². The van der Waals surface area contributed by atoms with Crippen LogP contribution < -0.4 is 5.32 Å². The Labute approximate surface area is 135 Å². The van der Waals surface area contributed by atoms with E-state index in [-0.39, 0.29) is 5.91 Å². The van der Waals surface area contributed by atoms with Gasteiger partial charge >= 0.3 is 0 Å². The summed E-state index contributed by atoms with van der Waals surface area (Å²) >= 11 is 3.37. The van der Waals surface area contributed by atoms with E-state index in [1.807, 2.05) is 53.1 Å². The first-order valence-corrected chi connectivity index (χ1v) is 7.52. The number of carbonyl (C=O) groups excluding carboxylic acids is 1. The van der Waals surface area contributed by atoms with Crippen LogP contribution in [-0.4, -0.2) is 20.5 Å². The first kappa shape index (κ1) is 14.5. The molecule has 0 spiro atoms. The highest BCUT2D eigenvalue weighted by Crippen LogP contribution is 2.11. The summed E-state index contributed by atoms with van der Waals surface area (Å²) in [5, 5.41) is 10.9. The second kappa shape index (κ2) is 6.53. The lowest BCUT2D eigenvalue weighted by atomic mass is 10.2. The molecular weight excluding hydrogens is 344 g/mol. The zero-order valence-electron chi connectivity index (χ0n) is 11.6. The number of fused-ring (bicyclic) bond motifs is 1. The van der Waals surface area contributed by atoms with Crippen molar-refractivity contribution < 1.29 is 4.79 Å². The highest BCUT2D eigenvalue weighted by atomic mass is 79.9. The van der Waals surface area contributed by atoms with E-state index in [0.717, 1.165) is 15.7 Å². The molecule has 110 valence electrons. The standard InChI is InChI=1S/C16H13BrN4O/c17-13-7-4-12(5-8-13)6-9-16(22)18-11-15-20-19-14-3-1-2-10-21(14)15/h1-10H,11H2,(H,18,22)/b9-6+. The molecule has 5 nitrogen and oxygen atoms in total. The van der Waals surface area contributed by atoms with E-state index >= 15 is 0 Å². The number of aromatic nitrogens is 3. The van der Waals surface area contributed by atoms with E-state index < -0.39 is 0 Å². The second-order valence-electron chi connectivity index (χ2n) is 4.65. The Kier molecular flexibility index (Phi) is 4.29. The summed E-state index contributed by atoms with van der Waals surface area (Å²) in [6.45, 7) is 0.328. The number of carbonyl (C=O) groups is 1. The molecule has 0 aliphatic carbocycles. The van der Waals surface area contributed by atoms with E-state index in [0.29, 0.717) is 12.4 Å². The number of rotatable bonds is 4. The Bertz CT molecular complexity index is 824. The molecular formula is C16H13BrN4O. The summed E-state index contributed by atoms with van der Waals surface area (Å²) < 4.78 is 2.85. The molecule has 0 aliphatic rings. The molecule has 0 aliphatic heterocycles. The molecule has 0 atom stereocenters. The maximum Gasteiger partial charge on any atom is 0.244 e. The lowest BCUT2D eigenvalue weighted by Crippen LogP contribution is -2.21. The number of nitrogens with one attached hydrogen (secondary N) is 1. The Morgan fingerprint density at radius 1 is 1.18 bits per heavy atom. The first-order chi connectivity index (χ1) is 10.7. The summed E-state index contributed by atoms with van der Waals surface area (Å²) in [6.07, 6.45) is 5.14. The molecule has 0 bridgehead atoms. The number of amides is 1. The Balaban J connectivity index is 1.61.